The molecule has 0 saturated carbocycles. The lowest BCUT2D eigenvalue weighted by Crippen LogP contribution is -2.21. The van der Waals surface area contributed by atoms with Gasteiger partial charge in [0.2, 0.25) is 6.29 Å². The van der Waals surface area contributed by atoms with Crippen molar-refractivity contribution in [2.45, 2.75) is 46.8 Å². The minimum atomic E-state index is -0.955. The van der Waals surface area contributed by atoms with Gasteiger partial charge in [-0.3, -0.25) is 19.3 Å². The van der Waals surface area contributed by atoms with E-state index in [4.69, 9.17) is 24.9 Å². The zero-order valence-electron chi connectivity index (χ0n) is 12.9. The molecule has 0 aromatic rings. The molecule has 22 heavy (non-hydrogen) atoms. The van der Waals surface area contributed by atoms with Crippen LogP contribution in [0.1, 0.15) is 40.5 Å². The molecular weight excluding hydrogens is 304 g/mol. The summed E-state index contributed by atoms with van der Waals surface area (Å²) in [4.78, 5) is 47.6. The number of hydrogen-bond acceptors (Lipinski definition) is 8. The SMILES string of the molecule is CC(=O)O.CC(=O)O.CC(=O)OOC(CCCO)OC(C)=O. The number of carbonyl (C=O) groups is 4. The van der Waals surface area contributed by atoms with Crippen molar-refractivity contribution in [3.8, 4) is 0 Å². The van der Waals surface area contributed by atoms with Gasteiger partial charge in [-0.2, -0.15) is 0 Å². The first-order chi connectivity index (χ1) is 10.0. The van der Waals surface area contributed by atoms with Crippen LogP contribution in [0.4, 0.5) is 0 Å². The normalized spacial score (nSPS) is 9.86. The van der Waals surface area contributed by atoms with Gasteiger partial charge < -0.3 is 20.1 Å². The lowest BCUT2D eigenvalue weighted by molar-refractivity contribution is -0.344. The van der Waals surface area contributed by atoms with E-state index in [0.717, 1.165) is 20.8 Å². The molecule has 0 bridgehead atoms. The molecule has 0 aromatic carbocycles. The van der Waals surface area contributed by atoms with Crippen molar-refractivity contribution in [2.75, 3.05) is 6.61 Å². The predicted octanol–water partition coefficient (Wildman–Crippen LogP) is 0.325. The van der Waals surface area contributed by atoms with Crippen LogP contribution < -0.4 is 0 Å². The largest absolute Gasteiger partial charge is 0.481 e. The first kappa shape index (κ1) is 24.8. The number of hydrogen-bond donors (Lipinski definition) is 3. The van der Waals surface area contributed by atoms with Crippen molar-refractivity contribution in [3.63, 3.8) is 0 Å². The van der Waals surface area contributed by atoms with Crippen molar-refractivity contribution >= 4 is 23.9 Å². The number of carboxylic acid groups (broad SMARTS) is 2. The molecule has 130 valence electrons. The third-order valence-electron chi connectivity index (χ3n) is 1.17. The lowest BCUT2D eigenvalue weighted by Gasteiger charge is -2.14. The summed E-state index contributed by atoms with van der Waals surface area (Å²) in [5, 5.41) is 23.4. The van der Waals surface area contributed by atoms with Crippen LogP contribution in [0.5, 0.6) is 0 Å². The quantitative estimate of drug-likeness (QED) is 0.269. The molecule has 1 atom stereocenters. The molecule has 0 aromatic heterocycles. The summed E-state index contributed by atoms with van der Waals surface area (Å²) in [5.74, 6) is -2.84. The highest BCUT2D eigenvalue weighted by Crippen LogP contribution is 2.05. The van der Waals surface area contributed by atoms with Crippen molar-refractivity contribution in [1.29, 1.82) is 0 Å². The molecular formula is C12H22O10. The molecule has 0 aliphatic rings. The molecule has 3 N–H and O–H groups in total. The fourth-order valence-electron chi connectivity index (χ4n) is 0.691. The van der Waals surface area contributed by atoms with Gasteiger partial charge in [0.25, 0.3) is 11.9 Å². The number of aliphatic carboxylic acids is 2. The molecule has 0 radical (unpaired) electrons. The maximum atomic E-state index is 10.6. The summed E-state index contributed by atoms with van der Waals surface area (Å²) >= 11 is 0. The molecule has 0 aliphatic carbocycles. The fourth-order valence-corrected chi connectivity index (χ4v) is 0.691. The van der Waals surface area contributed by atoms with Crippen LogP contribution in [0, 0.1) is 0 Å². The minimum absolute atomic E-state index is 0.0544. The van der Waals surface area contributed by atoms with E-state index in [-0.39, 0.29) is 13.0 Å². The van der Waals surface area contributed by atoms with E-state index in [1.165, 1.54) is 6.92 Å². The average Bonchev–Trinajstić information content (AvgIpc) is 2.30. The topological polar surface area (TPSA) is 157 Å². The second-order valence-electron chi connectivity index (χ2n) is 3.61. The van der Waals surface area contributed by atoms with E-state index in [1.54, 1.807) is 0 Å². The highest BCUT2D eigenvalue weighted by molar-refractivity contribution is 5.66. The third-order valence-corrected chi connectivity index (χ3v) is 1.17. The Morgan fingerprint density at radius 3 is 1.59 bits per heavy atom. The zero-order valence-corrected chi connectivity index (χ0v) is 12.9. The summed E-state index contributed by atoms with van der Waals surface area (Å²) in [6, 6.07) is 0. The van der Waals surface area contributed by atoms with Crippen LogP contribution in [-0.2, 0) is 33.7 Å². The number of esters is 1. The molecule has 0 saturated heterocycles. The Balaban J connectivity index is -0.000000372. The second kappa shape index (κ2) is 16.9. The maximum Gasteiger partial charge on any atom is 0.339 e. The molecule has 0 spiro atoms. The van der Waals surface area contributed by atoms with Gasteiger partial charge in [-0.25, -0.2) is 4.79 Å². The number of carboxylic acids is 2. The lowest BCUT2D eigenvalue weighted by atomic mass is 10.3. The van der Waals surface area contributed by atoms with Crippen molar-refractivity contribution in [2.24, 2.45) is 0 Å². The van der Waals surface area contributed by atoms with Crippen molar-refractivity contribution in [3.05, 3.63) is 0 Å². The Kier molecular flexibility index (Phi) is 19.0. The first-order valence-electron chi connectivity index (χ1n) is 6.03. The van der Waals surface area contributed by atoms with Gasteiger partial charge in [-0.15, -0.1) is 4.89 Å². The van der Waals surface area contributed by atoms with Crippen molar-refractivity contribution < 1.29 is 49.0 Å². The van der Waals surface area contributed by atoms with Crippen LogP contribution in [-0.4, -0.2) is 52.1 Å². The van der Waals surface area contributed by atoms with Crippen LogP contribution in [0.25, 0.3) is 0 Å². The summed E-state index contributed by atoms with van der Waals surface area (Å²) in [5.41, 5.74) is 0. The van der Waals surface area contributed by atoms with Crippen LogP contribution >= 0.6 is 0 Å². The zero-order chi connectivity index (χ0) is 18.1. The number of carbonyl (C=O) groups excluding carboxylic acids is 2. The minimum Gasteiger partial charge on any atom is -0.481 e. The molecule has 10 heteroatoms. The van der Waals surface area contributed by atoms with Crippen LogP contribution in [0.2, 0.25) is 0 Å². The van der Waals surface area contributed by atoms with E-state index in [0.29, 0.717) is 6.42 Å². The predicted molar refractivity (Wildman–Crippen MR) is 71.3 cm³/mol. The van der Waals surface area contributed by atoms with E-state index in [1.807, 2.05) is 0 Å². The van der Waals surface area contributed by atoms with Gasteiger partial charge in [-0.1, -0.05) is 0 Å². The Morgan fingerprint density at radius 1 is 0.909 bits per heavy atom. The average molecular weight is 326 g/mol. The maximum absolute atomic E-state index is 10.6. The summed E-state index contributed by atoms with van der Waals surface area (Å²) < 4.78 is 4.65. The standard InChI is InChI=1S/C8H14O6.2C2H4O2/c1-6(10)12-8(4-3-5-9)14-13-7(2)11;2*1-2(3)4/h8-9H,3-5H2,1-2H3;2*1H3,(H,3,4). The smallest absolute Gasteiger partial charge is 0.339 e. The van der Waals surface area contributed by atoms with Gasteiger partial charge in [0.1, 0.15) is 0 Å². The Labute approximate surface area is 127 Å². The van der Waals surface area contributed by atoms with Gasteiger partial charge in [0.05, 0.1) is 0 Å². The summed E-state index contributed by atoms with van der Waals surface area (Å²) in [6.45, 7) is 4.49. The number of rotatable bonds is 6. The summed E-state index contributed by atoms with van der Waals surface area (Å²) in [7, 11) is 0. The molecule has 0 rings (SSSR count). The van der Waals surface area contributed by atoms with Gasteiger partial charge in [-0.05, 0) is 6.42 Å². The number of ether oxygens (including phenoxy) is 1. The van der Waals surface area contributed by atoms with E-state index < -0.39 is 30.2 Å². The van der Waals surface area contributed by atoms with E-state index >= 15 is 0 Å². The van der Waals surface area contributed by atoms with E-state index in [2.05, 4.69) is 14.5 Å². The summed E-state index contributed by atoms with van der Waals surface area (Å²) in [6.07, 6.45) is -0.300. The Bertz CT molecular complexity index is 319. The van der Waals surface area contributed by atoms with Gasteiger partial charge in [0.15, 0.2) is 0 Å². The molecule has 0 aliphatic heterocycles. The van der Waals surface area contributed by atoms with Gasteiger partial charge in [0, 0.05) is 40.7 Å². The molecule has 10 nitrogen and oxygen atoms in total. The molecule has 0 fully saturated rings. The van der Waals surface area contributed by atoms with Crippen LogP contribution in [0.15, 0.2) is 0 Å². The monoisotopic (exact) mass is 326 g/mol. The number of aliphatic hydroxyl groups excluding tert-OH is 1. The second-order valence-corrected chi connectivity index (χ2v) is 3.61. The molecule has 0 amide bonds. The van der Waals surface area contributed by atoms with Crippen molar-refractivity contribution in [1.82, 2.24) is 0 Å². The highest BCUT2D eigenvalue weighted by Gasteiger charge is 2.14. The van der Waals surface area contributed by atoms with Crippen LogP contribution in [0.3, 0.4) is 0 Å². The third kappa shape index (κ3) is 43.1. The Morgan fingerprint density at radius 2 is 1.32 bits per heavy atom. The first-order valence-corrected chi connectivity index (χ1v) is 6.03. The highest BCUT2D eigenvalue weighted by atomic mass is 17.2. The van der Waals surface area contributed by atoms with E-state index in [9.17, 15) is 9.59 Å². The van der Waals surface area contributed by atoms with Gasteiger partial charge >= 0.3 is 11.9 Å². The molecule has 1 unspecified atom stereocenters. The Hall–Kier alpha value is -2.20. The fraction of sp³-hybridized carbons (Fsp3) is 0.667. The molecule has 0 heterocycles. The number of aliphatic hydroxyl groups is 1.